The first-order chi connectivity index (χ1) is 7.06. The van der Waals surface area contributed by atoms with Gasteiger partial charge in [-0.1, -0.05) is 13.3 Å². The fraction of sp³-hybridized carbons (Fsp3) is 0.800. The van der Waals surface area contributed by atoms with E-state index in [-0.39, 0.29) is 11.8 Å². The Morgan fingerprint density at radius 1 is 1.60 bits per heavy atom. The Balaban J connectivity index is 2.56. The predicted octanol–water partition coefficient (Wildman–Crippen LogP) is 0.0469. The van der Waals surface area contributed by atoms with Crippen molar-refractivity contribution in [2.75, 3.05) is 13.1 Å². The minimum atomic E-state index is -0.804. The third-order valence-electron chi connectivity index (χ3n) is 2.91. The van der Waals surface area contributed by atoms with Gasteiger partial charge in [0, 0.05) is 6.54 Å². The van der Waals surface area contributed by atoms with Gasteiger partial charge in [-0.05, 0) is 19.4 Å². The molecule has 1 rings (SSSR count). The number of carbonyl (C=O) groups is 2. The molecular formula is C10H18N2O3. The molecule has 1 aliphatic rings. The largest absolute Gasteiger partial charge is 0.480 e. The predicted molar refractivity (Wildman–Crippen MR) is 55.2 cm³/mol. The van der Waals surface area contributed by atoms with Gasteiger partial charge in [0.05, 0.1) is 5.92 Å². The van der Waals surface area contributed by atoms with Gasteiger partial charge in [0.15, 0.2) is 0 Å². The maximum absolute atomic E-state index is 11.0. The van der Waals surface area contributed by atoms with Crippen LogP contribution in [0, 0.1) is 5.92 Å². The van der Waals surface area contributed by atoms with Crippen LogP contribution < -0.4 is 5.73 Å². The quantitative estimate of drug-likeness (QED) is 0.677. The first kappa shape index (κ1) is 12.0. The van der Waals surface area contributed by atoms with Crippen molar-refractivity contribution in [2.24, 2.45) is 11.7 Å². The number of hydrogen-bond donors (Lipinski definition) is 2. The van der Waals surface area contributed by atoms with Crippen LogP contribution in [-0.4, -0.2) is 41.0 Å². The van der Waals surface area contributed by atoms with Gasteiger partial charge in [-0.25, -0.2) is 0 Å². The Kier molecular flexibility index (Phi) is 4.08. The van der Waals surface area contributed by atoms with Gasteiger partial charge in [0.25, 0.3) is 0 Å². The summed E-state index contributed by atoms with van der Waals surface area (Å²) in [7, 11) is 0. The number of carboxylic acids is 1. The van der Waals surface area contributed by atoms with Gasteiger partial charge in [0.2, 0.25) is 5.91 Å². The first-order valence-electron chi connectivity index (χ1n) is 5.32. The molecule has 0 aromatic carbocycles. The number of aliphatic carboxylic acids is 1. The van der Waals surface area contributed by atoms with Crippen LogP contribution in [0.3, 0.4) is 0 Å². The Bertz CT molecular complexity index is 255. The zero-order valence-corrected chi connectivity index (χ0v) is 8.98. The summed E-state index contributed by atoms with van der Waals surface area (Å²) in [6.45, 7) is 3.11. The van der Waals surface area contributed by atoms with Crippen LogP contribution in [0.1, 0.15) is 26.2 Å². The molecule has 3 N–H and O–H groups in total. The van der Waals surface area contributed by atoms with E-state index in [2.05, 4.69) is 0 Å². The van der Waals surface area contributed by atoms with Crippen LogP contribution in [0.25, 0.3) is 0 Å². The summed E-state index contributed by atoms with van der Waals surface area (Å²) in [5, 5.41) is 9.03. The molecular weight excluding hydrogens is 196 g/mol. The van der Waals surface area contributed by atoms with Crippen molar-refractivity contribution in [3.05, 3.63) is 0 Å². The number of amides is 1. The molecule has 0 spiro atoms. The molecule has 2 atom stereocenters. The maximum Gasteiger partial charge on any atom is 0.320 e. The molecule has 1 saturated heterocycles. The number of nitrogens with two attached hydrogens (primary N) is 1. The second-order valence-corrected chi connectivity index (χ2v) is 4.03. The number of rotatable bonds is 5. The normalized spacial score (nSPS) is 23.9. The molecule has 0 aliphatic carbocycles. The second kappa shape index (κ2) is 5.11. The Labute approximate surface area is 89.2 Å². The third-order valence-corrected chi connectivity index (χ3v) is 2.91. The van der Waals surface area contributed by atoms with E-state index in [9.17, 15) is 9.59 Å². The van der Waals surface area contributed by atoms with Crippen molar-refractivity contribution in [3.8, 4) is 0 Å². The van der Waals surface area contributed by atoms with Crippen molar-refractivity contribution in [3.63, 3.8) is 0 Å². The number of carboxylic acid groups (broad SMARTS) is 1. The minimum absolute atomic E-state index is 0.177. The average Bonchev–Trinajstić information content (AvgIpc) is 2.62. The van der Waals surface area contributed by atoms with Crippen LogP contribution in [0.2, 0.25) is 0 Å². The zero-order valence-electron chi connectivity index (χ0n) is 8.98. The van der Waals surface area contributed by atoms with Crippen molar-refractivity contribution >= 4 is 11.9 Å². The summed E-state index contributed by atoms with van der Waals surface area (Å²) >= 11 is 0. The van der Waals surface area contributed by atoms with Gasteiger partial charge in [0.1, 0.15) is 6.04 Å². The second-order valence-electron chi connectivity index (χ2n) is 4.03. The highest BCUT2D eigenvalue weighted by Crippen LogP contribution is 2.20. The number of primary amides is 1. The lowest BCUT2D eigenvalue weighted by molar-refractivity contribution is -0.143. The van der Waals surface area contributed by atoms with E-state index >= 15 is 0 Å². The van der Waals surface area contributed by atoms with Gasteiger partial charge < -0.3 is 10.8 Å². The molecule has 5 heteroatoms. The SMILES string of the molecule is CCCC(C(=O)O)N1CCC(C(N)=O)C1. The summed E-state index contributed by atoms with van der Waals surface area (Å²) in [5.74, 6) is -1.30. The molecule has 1 aliphatic heterocycles. The third kappa shape index (κ3) is 2.92. The van der Waals surface area contributed by atoms with E-state index in [0.717, 1.165) is 6.42 Å². The average molecular weight is 214 g/mol. The molecule has 86 valence electrons. The van der Waals surface area contributed by atoms with Crippen molar-refractivity contribution < 1.29 is 14.7 Å². The van der Waals surface area contributed by atoms with E-state index in [4.69, 9.17) is 10.8 Å². The Hall–Kier alpha value is -1.10. The van der Waals surface area contributed by atoms with E-state index in [1.165, 1.54) is 0 Å². The topological polar surface area (TPSA) is 83.6 Å². The highest BCUT2D eigenvalue weighted by molar-refractivity contribution is 5.78. The summed E-state index contributed by atoms with van der Waals surface area (Å²) in [6.07, 6.45) is 2.14. The lowest BCUT2D eigenvalue weighted by Crippen LogP contribution is -2.40. The molecule has 0 aromatic rings. The first-order valence-corrected chi connectivity index (χ1v) is 5.32. The minimum Gasteiger partial charge on any atom is -0.480 e. The van der Waals surface area contributed by atoms with Crippen molar-refractivity contribution in [1.29, 1.82) is 0 Å². The maximum atomic E-state index is 11.0. The van der Waals surface area contributed by atoms with E-state index in [1.807, 2.05) is 11.8 Å². The number of hydrogen-bond acceptors (Lipinski definition) is 3. The summed E-state index contributed by atoms with van der Waals surface area (Å²) in [6, 6.07) is -0.459. The lowest BCUT2D eigenvalue weighted by atomic mass is 10.1. The van der Waals surface area contributed by atoms with Crippen LogP contribution in [0.4, 0.5) is 0 Å². The molecule has 1 amide bonds. The summed E-state index contributed by atoms with van der Waals surface area (Å²) in [5.41, 5.74) is 5.20. The van der Waals surface area contributed by atoms with Crippen LogP contribution in [0.15, 0.2) is 0 Å². The standard InChI is InChI=1S/C10H18N2O3/c1-2-3-8(10(14)15)12-5-4-7(6-12)9(11)13/h7-8H,2-6H2,1H3,(H2,11,13)(H,14,15). The van der Waals surface area contributed by atoms with Gasteiger partial charge in [-0.2, -0.15) is 0 Å². The number of nitrogens with zero attached hydrogens (tertiary/aromatic N) is 1. The lowest BCUT2D eigenvalue weighted by Gasteiger charge is -2.23. The number of likely N-dealkylation sites (tertiary alicyclic amines) is 1. The van der Waals surface area contributed by atoms with Crippen LogP contribution in [0.5, 0.6) is 0 Å². The van der Waals surface area contributed by atoms with Crippen LogP contribution >= 0.6 is 0 Å². The highest BCUT2D eigenvalue weighted by atomic mass is 16.4. The van der Waals surface area contributed by atoms with E-state index in [1.54, 1.807) is 0 Å². The molecule has 0 radical (unpaired) electrons. The highest BCUT2D eigenvalue weighted by Gasteiger charge is 2.33. The molecule has 1 fully saturated rings. The molecule has 1 heterocycles. The molecule has 2 unspecified atom stereocenters. The Morgan fingerprint density at radius 3 is 2.67 bits per heavy atom. The summed E-state index contributed by atoms with van der Waals surface area (Å²) in [4.78, 5) is 23.8. The van der Waals surface area contributed by atoms with E-state index in [0.29, 0.717) is 25.9 Å². The monoisotopic (exact) mass is 214 g/mol. The fourth-order valence-electron chi connectivity index (χ4n) is 2.04. The molecule has 0 saturated carbocycles. The zero-order chi connectivity index (χ0) is 11.4. The Morgan fingerprint density at radius 2 is 2.27 bits per heavy atom. The molecule has 5 nitrogen and oxygen atoms in total. The van der Waals surface area contributed by atoms with Gasteiger partial charge in [-0.3, -0.25) is 14.5 Å². The van der Waals surface area contributed by atoms with Crippen molar-refractivity contribution in [2.45, 2.75) is 32.2 Å². The molecule has 0 aromatic heterocycles. The van der Waals surface area contributed by atoms with Gasteiger partial charge in [-0.15, -0.1) is 0 Å². The molecule has 0 bridgehead atoms. The number of carbonyl (C=O) groups excluding carboxylic acids is 1. The smallest absolute Gasteiger partial charge is 0.320 e. The van der Waals surface area contributed by atoms with Crippen LogP contribution in [-0.2, 0) is 9.59 Å². The fourth-order valence-corrected chi connectivity index (χ4v) is 2.04. The van der Waals surface area contributed by atoms with Crippen molar-refractivity contribution in [1.82, 2.24) is 4.90 Å². The van der Waals surface area contributed by atoms with Gasteiger partial charge >= 0.3 is 5.97 Å². The summed E-state index contributed by atoms with van der Waals surface area (Å²) < 4.78 is 0. The molecule has 15 heavy (non-hydrogen) atoms. The van der Waals surface area contributed by atoms with E-state index < -0.39 is 12.0 Å².